The molecule has 1 aromatic heterocycles. The SMILES string of the molecule is CC1CN(CC(=O)c2coc3ccccc23)CCS1. The minimum Gasteiger partial charge on any atom is -0.464 e. The van der Waals surface area contributed by atoms with Crippen LogP contribution in [0.4, 0.5) is 0 Å². The molecule has 100 valence electrons. The molecular weight excluding hydrogens is 258 g/mol. The largest absolute Gasteiger partial charge is 0.464 e. The number of furan rings is 1. The highest BCUT2D eigenvalue weighted by Crippen LogP contribution is 2.22. The summed E-state index contributed by atoms with van der Waals surface area (Å²) < 4.78 is 5.44. The van der Waals surface area contributed by atoms with Gasteiger partial charge in [0.25, 0.3) is 0 Å². The van der Waals surface area contributed by atoms with Crippen LogP contribution in [0, 0.1) is 0 Å². The number of rotatable bonds is 3. The van der Waals surface area contributed by atoms with Gasteiger partial charge in [-0.3, -0.25) is 9.69 Å². The highest BCUT2D eigenvalue weighted by molar-refractivity contribution is 7.99. The molecule has 0 aliphatic carbocycles. The standard InChI is InChI=1S/C15H17NO2S/c1-11-8-16(6-7-19-11)9-14(17)13-10-18-15-5-3-2-4-12(13)15/h2-5,10-11H,6-9H2,1H3. The Morgan fingerprint density at radius 1 is 1.47 bits per heavy atom. The van der Waals surface area contributed by atoms with Crippen molar-refractivity contribution in [3.8, 4) is 0 Å². The summed E-state index contributed by atoms with van der Waals surface area (Å²) in [5.74, 6) is 1.27. The molecule has 1 unspecified atom stereocenters. The first-order chi connectivity index (χ1) is 9.24. The van der Waals surface area contributed by atoms with E-state index in [2.05, 4.69) is 11.8 Å². The van der Waals surface area contributed by atoms with Crippen molar-refractivity contribution in [2.24, 2.45) is 0 Å². The van der Waals surface area contributed by atoms with Crippen LogP contribution in [0.1, 0.15) is 17.3 Å². The van der Waals surface area contributed by atoms with Crippen molar-refractivity contribution in [3.63, 3.8) is 0 Å². The summed E-state index contributed by atoms with van der Waals surface area (Å²) >= 11 is 1.98. The average Bonchev–Trinajstić information content (AvgIpc) is 2.82. The molecular formula is C15H17NO2S. The van der Waals surface area contributed by atoms with E-state index < -0.39 is 0 Å². The molecule has 19 heavy (non-hydrogen) atoms. The van der Waals surface area contributed by atoms with Gasteiger partial charge in [-0.1, -0.05) is 25.1 Å². The van der Waals surface area contributed by atoms with Gasteiger partial charge >= 0.3 is 0 Å². The number of hydrogen-bond acceptors (Lipinski definition) is 4. The molecule has 0 spiro atoms. The zero-order chi connectivity index (χ0) is 13.2. The number of benzene rings is 1. The zero-order valence-electron chi connectivity index (χ0n) is 11.0. The van der Waals surface area contributed by atoms with Crippen LogP contribution < -0.4 is 0 Å². The summed E-state index contributed by atoms with van der Waals surface area (Å²) in [4.78, 5) is 14.6. The van der Waals surface area contributed by atoms with Crippen molar-refractivity contribution in [1.29, 1.82) is 0 Å². The molecule has 1 aliphatic rings. The molecule has 0 amide bonds. The van der Waals surface area contributed by atoms with Gasteiger partial charge in [0.1, 0.15) is 11.8 Å². The van der Waals surface area contributed by atoms with Crippen molar-refractivity contribution < 1.29 is 9.21 Å². The lowest BCUT2D eigenvalue weighted by Gasteiger charge is -2.29. The number of ketones is 1. The molecule has 3 rings (SSSR count). The van der Waals surface area contributed by atoms with Gasteiger partial charge in [0.15, 0.2) is 5.78 Å². The highest BCUT2D eigenvalue weighted by atomic mass is 32.2. The predicted molar refractivity (Wildman–Crippen MR) is 78.9 cm³/mol. The first-order valence-electron chi connectivity index (χ1n) is 6.57. The summed E-state index contributed by atoms with van der Waals surface area (Å²) in [5.41, 5.74) is 1.50. The van der Waals surface area contributed by atoms with Gasteiger partial charge in [-0.25, -0.2) is 0 Å². The van der Waals surface area contributed by atoms with Crippen LogP contribution in [0.2, 0.25) is 0 Å². The zero-order valence-corrected chi connectivity index (χ0v) is 11.8. The molecule has 3 nitrogen and oxygen atoms in total. The highest BCUT2D eigenvalue weighted by Gasteiger charge is 2.21. The number of hydrogen-bond donors (Lipinski definition) is 0. The summed E-state index contributed by atoms with van der Waals surface area (Å²) in [6.45, 7) is 4.70. The minimum absolute atomic E-state index is 0.157. The molecule has 1 fully saturated rings. The molecule has 0 bridgehead atoms. The number of carbonyl (C=O) groups is 1. The van der Waals surface area contributed by atoms with Crippen LogP contribution in [0.25, 0.3) is 11.0 Å². The molecule has 0 N–H and O–H groups in total. The minimum atomic E-state index is 0.157. The van der Waals surface area contributed by atoms with Crippen molar-refractivity contribution >= 4 is 28.5 Å². The number of carbonyl (C=O) groups excluding carboxylic acids is 1. The fourth-order valence-electron chi connectivity index (χ4n) is 2.52. The fraction of sp³-hybridized carbons (Fsp3) is 0.400. The van der Waals surface area contributed by atoms with Gasteiger partial charge in [-0.2, -0.15) is 11.8 Å². The van der Waals surface area contributed by atoms with E-state index in [0.717, 1.165) is 29.8 Å². The molecule has 1 saturated heterocycles. The van der Waals surface area contributed by atoms with E-state index in [1.54, 1.807) is 6.26 Å². The number of para-hydroxylation sites is 1. The number of nitrogens with zero attached hydrogens (tertiary/aromatic N) is 1. The first-order valence-corrected chi connectivity index (χ1v) is 7.62. The van der Waals surface area contributed by atoms with Gasteiger partial charge in [0.2, 0.25) is 0 Å². The Kier molecular flexibility index (Phi) is 3.62. The van der Waals surface area contributed by atoms with Crippen molar-refractivity contribution in [3.05, 3.63) is 36.1 Å². The summed E-state index contributed by atoms with van der Waals surface area (Å²) in [6.07, 6.45) is 1.59. The van der Waals surface area contributed by atoms with E-state index in [1.807, 2.05) is 36.0 Å². The second-order valence-corrected chi connectivity index (χ2v) is 6.53. The van der Waals surface area contributed by atoms with Crippen LogP contribution in [0.15, 0.2) is 34.9 Å². The number of Topliss-reactive ketones (excluding diaryl/α,β-unsaturated/α-hetero) is 1. The second-order valence-electron chi connectivity index (χ2n) is 4.99. The molecule has 2 aromatic rings. The lowest BCUT2D eigenvalue weighted by atomic mass is 10.1. The monoisotopic (exact) mass is 275 g/mol. The van der Waals surface area contributed by atoms with Gasteiger partial charge in [0, 0.05) is 29.5 Å². The first kappa shape index (κ1) is 12.8. The van der Waals surface area contributed by atoms with Crippen molar-refractivity contribution in [1.82, 2.24) is 4.90 Å². The summed E-state index contributed by atoms with van der Waals surface area (Å²) in [6, 6.07) is 7.70. The lowest BCUT2D eigenvalue weighted by Crippen LogP contribution is -2.39. The van der Waals surface area contributed by atoms with E-state index in [4.69, 9.17) is 4.42 Å². The van der Waals surface area contributed by atoms with Crippen LogP contribution in [0.3, 0.4) is 0 Å². The number of thioether (sulfide) groups is 1. The topological polar surface area (TPSA) is 33.5 Å². The normalized spacial score (nSPS) is 20.8. The summed E-state index contributed by atoms with van der Waals surface area (Å²) in [5, 5.41) is 1.54. The lowest BCUT2D eigenvalue weighted by molar-refractivity contribution is 0.0934. The summed E-state index contributed by atoms with van der Waals surface area (Å²) in [7, 11) is 0. The van der Waals surface area contributed by atoms with Crippen LogP contribution in [-0.4, -0.2) is 41.3 Å². The Morgan fingerprint density at radius 2 is 2.32 bits per heavy atom. The second kappa shape index (κ2) is 5.39. The van der Waals surface area contributed by atoms with Crippen LogP contribution >= 0.6 is 11.8 Å². The Morgan fingerprint density at radius 3 is 3.16 bits per heavy atom. The maximum absolute atomic E-state index is 12.4. The van der Waals surface area contributed by atoms with Gasteiger partial charge in [0.05, 0.1) is 12.1 Å². The van der Waals surface area contributed by atoms with E-state index in [0.29, 0.717) is 17.4 Å². The van der Waals surface area contributed by atoms with Crippen LogP contribution in [-0.2, 0) is 0 Å². The molecule has 1 aliphatic heterocycles. The van der Waals surface area contributed by atoms with Gasteiger partial charge < -0.3 is 4.42 Å². The van der Waals surface area contributed by atoms with E-state index in [1.165, 1.54) is 0 Å². The smallest absolute Gasteiger partial charge is 0.180 e. The third-order valence-electron chi connectivity index (χ3n) is 3.47. The molecule has 0 radical (unpaired) electrons. The maximum atomic E-state index is 12.4. The molecule has 1 atom stereocenters. The maximum Gasteiger partial charge on any atom is 0.180 e. The van der Waals surface area contributed by atoms with Gasteiger partial charge in [-0.05, 0) is 6.07 Å². The quantitative estimate of drug-likeness (QED) is 0.806. The van der Waals surface area contributed by atoms with Crippen LogP contribution in [0.5, 0.6) is 0 Å². The van der Waals surface area contributed by atoms with Gasteiger partial charge in [-0.15, -0.1) is 0 Å². The number of fused-ring (bicyclic) bond motifs is 1. The molecule has 2 heterocycles. The Balaban J connectivity index is 1.76. The fourth-order valence-corrected chi connectivity index (χ4v) is 3.60. The van der Waals surface area contributed by atoms with Crippen molar-refractivity contribution in [2.75, 3.05) is 25.4 Å². The third kappa shape index (κ3) is 2.69. The Hall–Kier alpha value is -1.26. The van der Waals surface area contributed by atoms with Crippen molar-refractivity contribution in [2.45, 2.75) is 12.2 Å². The molecule has 1 aromatic carbocycles. The van der Waals surface area contributed by atoms with E-state index in [9.17, 15) is 4.79 Å². The Labute approximate surface area is 117 Å². The van der Waals surface area contributed by atoms with E-state index in [-0.39, 0.29) is 5.78 Å². The predicted octanol–water partition coefficient (Wildman–Crippen LogP) is 3.05. The average molecular weight is 275 g/mol. The third-order valence-corrected chi connectivity index (χ3v) is 4.61. The molecule has 0 saturated carbocycles. The Bertz CT molecular complexity index is 593. The molecule has 4 heteroatoms. The van der Waals surface area contributed by atoms with E-state index >= 15 is 0 Å².